The smallest absolute Gasteiger partial charge is 0.259 e. The molecule has 0 radical (unpaired) electrons. The van der Waals surface area contributed by atoms with Crippen LogP contribution in [0.25, 0.3) is 11.1 Å². The monoisotopic (exact) mass is 398 g/mol. The Balaban J connectivity index is 1.66. The zero-order valence-electron chi connectivity index (χ0n) is 15.5. The van der Waals surface area contributed by atoms with Gasteiger partial charge in [0.1, 0.15) is 0 Å². The number of likely N-dealkylation sites (tertiary alicyclic amines) is 1. The summed E-state index contributed by atoms with van der Waals surface area (Å²) in [6.45, 7) is 2.86. The number of halogens is 1. The van der Waals surface area contributed by atoms with Crippen LogP contribution in [0, 0.1) is 6.92 Å². The molecule has 28 heavy (non-hydrogen) atoms. The Morgan fingerprint density at radius 1 is 1.29 bits per heavy atom. The highest BCUT2D eigenvalue weighted by atomic mass is 35.5. The lowest BCUT2D eigenvalue weighted by atomic mass is 9.99. The molecule has 1 aliphatic rings. The van der Waals surface area contributed by atoms with Gasteiger partial charge in [0.25, 0.3) is 17.5 Å². The van der Waals surface area contributed by atoms with E-state index in [0.717, 1.165) is 6.42 Å². The largest absolute Gasteiger partial charge is 0.355 e. The van der Waals surface area contributed by atoms with Gasteiger partial charge in [-0.1, -0.05) is 28.9 Å². The summed E-state index contributed by atoms with van der Waals surface area (Å²) in [6.07, 6.45) is 0.721. The van der Waals surface area contributed by atoms with E-state index in [4.69, 9.17) is 16.1 Å². The average Bonchev–Trinajstić information content (AvgIpc) is 3.33. The number of carbonyl (C=O) groups excluding carboxylic acids is 2. The topological polar surface area (TPSA) is 88.3 Å². The number of benzene rings is 1. The number of pyridine rings is 1. The molecule has 7 nitrogen and oxygen atoms in total. The maximum atomic E-state index is 12.8. The van der Waals surface area contributed by atoms with Crippen molar-refractivity contribution in [3.63, 3.8) is 0 Å². The lowest BCUT2D eigenvalue weighted by molar-refractivity contribution is 0.0790. The number of amides is 2. The van der Waals surface area contributed by atoms with E-state index < -0.39 is 0 Å². The Hall–Kier alpha value is -2.93. The Labute approximate surface area is 166 Å². The van der Waals surface area contributed by atoms with Gasteiger partial charge in [-0.15, -0.1) is 0 Å². The highest BCUT2D eigenvalue weighted by Crippen LogP contribution is 2.34. The molecule has 8 heteroatoms. The van der Waals surface area contributed by atoms with Crippen molar-refractivity contribution in [2.45, 2.75) is 19.3 Å². The Bertz CT molecular complexity index is 1080. The van der Waals surface area contributed by atoms with Gasteiger partial charge in [-0.2, -0.15) is 0 Å². The summed E-state index contributed by atoms with van der Waals surface area (Å²) in [5.41, 5.74) is 2.64. The Morgan fingerprint density at radius 2 is 2.07 bits per heavy atom. The first kappa shape index (κ1) is 18.4. The molecule has 2 amide bonds. The third-order valence-corrected chi connectivity index (χ3v) is 5.37. The first-order valence-electron chi connectivity index (χ1n) is 9.02. The quantitative estimate of drug-likeness (QED) is 0.732. The molecular weight excluding hydrogens is 380 g/mol. The fraction of sp³-hybridized carbons (Fsp3) is 0.300. The SMILES string of the molecule is CNC(=O)c1cc(C)nc2onc(C3CCN(C(=O)c4ccccc4Cl)C3)c12. The van der Waals surface area contributed by atoms with Crippen molar-refractivity contribution in [3.8, 4) is 0 Å². The molecular formula is C20H19ClN4O3. The number of aryl methyl sites for hydroxylation is 1. The van der Waals surface area contributed by atoms with Gasteiger partial charge in [-0.05, 0) is 31.5 Å². The molecule has 0 aliphatic carbocycles. The van der Waals surface area contributed by atoms with Crippen LogP contribution in [0.5, 0.6) is 0 Å². The number of hydrogen-bond donors (Lipinski definition) is 1. The molecule has 1 unspecified atom stereocenters. The van der Waals surface area contributed by atoms with Gasteiger partial charge >= 0.3 is 0 Å². The van der Waals surface area contributed by atoms with Gasteiger partial charge in [0, 0.05) is 31.7 Å². The predicted octanol–water partition coefficient (Wildman–Crippen LogP) is 3.17. The van der Waals surface area contributed by atoms with Crippen LogP contribution in [-0.4, -0.2) is 47.0 Å². The van der Waals surface area contributed by atoms with Crippen LogP contribution in [0.2, 0.25) is 5.02 Å². The zero-order valence-corrected chi connectivity index (χ0v) is 16.3. The van der Waals surface area contributed by atoms with Gasteiger partial charge in [0.2, 0.25) is 0 Å². The van der Waals surface area contributed by atoms with Crippen LogP contribution in [-0.2, 0) is 0 Å². The molecule has 4 rings (SSSR count). The highest BCUT2D eigenvalue weighted by Gasteiger charge is 2.33. The van der Waals surface area contributed by atoms with Crippen molar-refractivity contribution in [3.05, 3.63) is 57.9 Å². The van der Waals surface area contributed by atoms with Crippen LogP contribution in [0.4, 0.5) is 0 Å². The summed E-state index contributed by atoms with van der Waals surface area (Å²) in [7, 11) is 1.58. The van der Waals surface area contributed by atoms with Gasteiger partial charge in [-0.3, -0.25) is 9.59 Å². The van der Waals surface area contributed by atoms with Crippen LogP contribution in [0.3, 0.4) is 0 Å². The minimum atomic E-state index is -0.220. The lowest BCUT2D eigenvalue weighted by Gasteiger charge is -2.17. The maximum absolute atomic E-state index is 12.8. The zero-order chi connectivity index (χ0) is 19.8. The van der Waals surface area contributed by atoms with E-state index >= 15 is 0 Å². The Morgan fingerprint density at radius 3 is 2.82 bits per heavy atom. The van der Waals surface area contributed by atoms with Gasteiger partial charge in [0.15, 0.2) is 0 Å². The molecule has 0 spiro atoms. The fourth-order valence-electron chi connectivity index (χ4n) is 3.66. The van der Waals surface area contributed by atoms with E-state index in [1.54, 1.807) is 49.2 Å². The highest BCUT2D eigenvalue weighted by molar-refractivity contribution is 6.33. The second-order valence-electron chi connectivity index (χ2n) is 6.85. The summed E-state index contributed by atoms with van der Waals surface area (Å²) >= 11 is 6.17. The molecule has 1 N–H and O–H groups in total. The van der Waals surface area contributed by atoms with Gasteiger partial charge in [-0.25, -0.2) is 4.98 Å². The summed E-state index contributed by atoms with van der Waals surface area (Å²) in [4.78, 5) is 31.3. The lowest BCUT2D eigenvalue weighted by Crippen LogP contribution is -2.28. The average molecular weight is 399 g/mol. The molecule has 3 aromatic rings. The molecule has 144 valence electrons. The van der Waals surface area contributed by atoms with E-state index in [1.807, 2.05) is 0 Å². The maximum Gasteiger partial charge on any atom is 0.259 e. The predicted molar refractivity (Wildman–Crippen MR) is 105 cm³/mol. The number of fused-ring (bicyclic) bond motifs is 1. The summed E-state index contributed by atoms with van der Waals surface area (Å²) < 4.78 is 5.41. The van der Waals surface area contributed by atoms with E-state index in [0.29, 0.717) is 51.7 Å². The van der Waals surface area contributed by atoms with Crippen molar-refractivity contribution >= 4 is 34.5 Å². The van der Waals surface area contributed by atoms with Crippen LogP contribution < -0.4 is 5.32 Å². The number of rotatable bonds is 3. The standard InChI is InChI=1S/C20H19ClN4O3/c1-11-9-14(18(26)22-2)16-17(24-28-19(16)23-11)12-7-8-25(10-12)20(27)13-5-3-4-6-15(13)21/h3-6,9,12H,7-8,10H2,1-2H3,(H,22,26). The van der Waals surface area contributed by atoms with E-state index in [2.05, 4.69) is 15.5 Å². The fourth-order valence-corrected chi connectivity index (χ4v) is 3.88. The van der Waals surface area contributed by atoms with Crippen molar-refractivity contribution < 1.29 is 14.1 Å². The van der Waals surface area contributed by atoms with E-state index in [9.17, 15) is 9.59 Å². The second kappa shape index (κ2) is 7.24. The van der Waals surface area contributed by atoms with Crippen molar-refractivity contribution in [2.24, 2.45) is 0 Å². The van der Waals surface area contributed by atoms with Gasteiger partial charge < -0.3 is 14.7 Å². The van der Waals surface area contributed by atoms with Crippen molar-refractivity contribution in [2.75, 3.05) is 20.1 Å². The number of nitrogens with one attached hydrogen (secondary N) is 1. The molecule has 0 saturated carbocycles. The third kappa shape index (κ3) is 3.11. The van der Waals surface area contributed by atoms with E-state index in [-0.39, 0.29) is 17.7 Å². The molecule has 3 heterocycles. The molecule has 1 aromatic carbocycles. The molecule has 1 saturated heterocycles. The summed E-state index contributed by atoms with van der Waals surface area (Å²) in [6, 6.07) is 8.74. The normalized spacial score (nSPS) is 16.5. The molecule has 1 atom stereocenters. The summed E-state index contributed by atoms with van der Waals surface area (Å²) in [5.74, 6) is -0.371. The van der Waals surface area contributed by atoms with Crippen LogP contribution in [0.1, 0.15) is 44.4 Å². The van der Waals surface area contributed by atoms with Crippen LogP contribution >= 0.6 is 11.6 Å². The number of carbonyl (C=O) groups is 2. The third-order valence-electron chi connectivity index (χ3n) is 5.04. The number of aromatic nitrogens is 2. The number of nitrogens with zero attached hydrogens (tertiary/aromatic N) is 3. The molecule has 0 bridgehead atoms. The first-order chi connectivity index (χ1) is 13.5. The molecule has 2 aromatic heterocycles. The first-order valence-corrected chi connectivity index (χ1v) is 9.40. The van der Waals surface area contributed by atoms with Crippen molar-refractivity contribution in [1.82, 2.24) is 20.4 Å². The number of hydrogen-bond acceptors (Lipinski definition) is 5. The Kier molecular flexibility index (Phi) is 4.77. The minimum Gasteiger partial charge on any atom is -0.355 e. The van der Waals surface area contributed by atoms with Gasteiger partial charge in [0.05, 0.1) is 27.2 Å². The minimum absolute atomic E-state index is 0.0411. The van der Waals surface area contributed by atoms with Crippen LogP contribution in [0.15, 0.2) is 34.9 Å². The van der Waals surface area contributed by atoms with Crippen molar-refractivity contribution in [1.29, 1.82) is 0 Å². The molecule has 1 aliphatic heterocycles. The van der Waals surface area contributed by atoms with E-state index in [1.165, 1.54) is 0 Å². The second-order valence-corrected chi connectivity index (χ2v) is 7.26. The summed E-state index contributed by atoms with van der Waals surface area (Å²) in [5, 5.41) is 7.89. The molecule has 1 fully saturated rings.